The van der Waals surface area contributed by atoms with Crippen molar-refractivity contribution in [3.8, 4) is 28.1 Å². The van der Waals surface area contributed by atoms with Crippen molar-refractivity contribution >= 4 is 62.1 Å². The fraction of sp³-hybridized carbons (Fsp3) is 0.105. The molecule has 1 aliphatic heterocycles. The van der Waals surface area contributed by atoms with Crippen molar-refractivity contribution in [2.24, 2.45) is 0 Å². The monoisotopic (exact) mass is 537 g/mol. The molecule has 1 radical (unpaired) electrons. The van der Waals surface area contributed by atoms with E-state index in [0.717, 1.165) is 33.0 Å². The average molecular weight is 537 g/mol. The fourth-order valence-electron chi connectivity index (χ4n) is 8.06. The molecule has 0 bridgehead atoms. The molecule has 0 saturated heterocycles. The molecular weight excluding hydrogens is 511 g/mol. The Labute approximate surface area is 243 Å². The van der Waals surface area contributed by atoms with Crippen LogP contribution in [0.15, 0.2) is 101 Å². The summed E-state index contributed by atoms with van der Waals surface area (Å²) in [6.45, 7) is 6.98. The summed E-state index contributed by atoms with van der Waals surface area (Å²) in [6, 6.07) is 35.3. The van der Waals surface area contributed by atoms with Gasteiger partial charge in [-0.15, -0.1) is 0 Å². The standard InChI is InChI=1S/C38H26BN2O/c1-20-18-26(21-12-8-14-25-33(21)40-34-23-11-5-7-17-30(23)42-37(25)34)32-29(19-20)41-35-24(13-9-16-28(35)39-32)31-36(41)22-10-4-6-15-27(22)38(31,2)3/h4-19,40H,1-3H3. The second-order valence-electron chi connectivity index (χ2n) is 12.5. The topological polar surface area (TPSA) is 33.9 Å². The number of nitrogens with one attached hydrogen (secondary N) is 1. The first kappa shape index (κ1) is 22.7. The largest absolute Gasteiger partial charge is 0.454 e. The lowest BCUT2D eigenvalue weighted by Gasteiger charge is -2.26. The van der Waals surface area contributed by atoms with Gasteiger partial charge in [0.2, 0.25) is 0 Å². The Morgan fingerprint density at radius 3 is 2.43 bits per heavy atom. The predicted octanol–water partition coefficient (Wildman–Crippen LogP) is 8.26. The number of hydrogen-bond donors (Lipinski definition) is 1. The van der Waals surface area contributed by atoms with Gasteiger partial charge < -0.3 is 14.0 Å². The second-order valence-corrected chi connectivity index (χ2v) is 12.5. The molecule has 1 N–H and O–H groups in total. The van der Waals surface area contributed by atoms with Gasteiger partial charge in [0.05, 0.1) is 16.7 Å². The van der Waals surface area contributed by atoms with Gasteiger partial charge in [0.1, 0.15) is 5.58 Å². The number of para-hydroxylation sites is 3. The summed E-state index contributed by atoms with van der Waals surface area (Å²) in [5.74, 6) is 0. The van der Waals surface area contributed by atoms with Crippen molar-refractivity contribution in [3.63, 3.8) is 0 Å². The number of rotatable bonds is 1. The minimum atomic E-state index is -0.0715. The number of hydrogen-bond acceptors (Lipinski definition) is 1. The minimum Gasteiger partial charge on any atom is -0.454 e. The number of benzene rings is 5. The summed E-state index contributed by atoms with van der Waals surface area (Å²) in [5.41, 5.74) is 18.2. The van der Waals surface area contributed by atoms with E-state index in [-0.39, 0.29) is 5.41 Å². The SMILES string of the molecule is Cc1cc(-c2cccc3c2[nH]c2c4ccccc4oc32)c2c(c1)-n1c3c(c4cccc(c41)[B]2)C(C)(C)c1ccccc1-3. The van der Waals surface area contributed by atoms with Gasteiger partial charge in [-0.1, -0.05) is 92.1 Å². The van der Waals surface area contributed by atoms with Gasteiger partial charge in [-0.2, -0.15) is 0 Å². The zero-order chi connectivity index (χ0) is 27.9. The zero-order valence-corrected chi connectivity index (χ0v) is 23.7. The van der Waals surface area contributed by atoms with Gasteiger partial charge in [-0.25, -0.2) is 0 Å². The third-order valence-corrected chi connectivity index (χ3v) is 9.79. The van der Waals surface area contributed by atoms with Gasteiger partial charge in [0.25, 0.3) is 0 Å². The molecule has 0 spiro atoms. The van der Waals surface area contributed by atoms with Gasteiger partial charge in [-0.05, 0) is 58.9 Å². The van der Waals surface area contributed by atoms with Crippen LogP contribution in [0, 0.1) is 6.92 Å². The smallest absolute Gasteiger partial charge is 0.197 e. The Hall–Kier alpha value is -4.96. The maximum atomic E-state index is 6.37. The quantitative estimate of drug-likeness (QED) is 0.210. The molecule has 5 aromatic carbocycles. The Bertz CT molecular complexity index is 2490. The maximum absolute atomic E-state index is 6.37. The third-order valence-electron chi connectivity index (χ3n) is 9.79. The molecule has 4 heteroatoms. The number of furan rings is 1. The number of aryl methyl sites for hydroxylation is 1. The Balaban J connectivity index is 1.31. The molecule has 0 saturated carbocycles. The first-order chi connectivity index (χ1) is 20.5. The van der Waals surface area contributed by atoms with E-state index in [0.29, 0.717) is 0 Å². The van der Waals surface area contributed by atoms with Crippen LogP contribution in [0.5, 0.6) is 0 Å². The Kier molecular flexibility index (Phi) is 4.03. The van der Waals surface area contributed by atoms with Crippen LogP contribution in [-0.2, 0) is 5.41 Å². The molecule has 4 heterocycles. The number of aromatic nitrogens is 2. The van der Waals surface area contributed by atoms with Crippen LogP contribution in [0.2, 0.25) is 0 Å². The van der Waals surface area contributed by atoms with E-state index < -0.39 is 0 Å². The van der Waals surface area contributed by atoms with Crippen LogP contribution in [-0.4, -0.2) is 16.8 Å². The van der Waals surface area contributed by atoms with Crippen molar-refractivity contribution in [2.75, 3.05) is 0 Å². The average Bonchev–Trinajstić information content (AvgIpc) is 3.71. The lowest BCUT2D eigenvalue weighted by atomic mass is 9.59. The van der Waals surface area contributed by atoms with Crippen LogP contribution in [0.3, 0.4) is 0 Å². The third kappa shape index (κ3) is 2.60. The highest BCUT2D eigenvalue weighted by molar-refractivity contribution is 6.73. The summed E-state index contributed by atoms with van der Waals surface area (Å²) in [4.78, 5) is 3.78. The number of nitrogens with zero attached hydrogens (tertiary/aromatic N) is 1. The van der Waals surface area contributed by atoms with Crippen molar-refractivity contribution in [3.05, 3.63) is 114 Å². The van der Waals surface area contributed by atoms with Crippen molar-refractivity contribution in [1.29, 1.82) is 0 Å². The molecule has 10 rings (SSSR count). The molecular formula is C38H26BN2O. The zero-order valence-electron chi connectivity index (χ0n) is 23.7. The molecule has 0 fully saturated rings. The number of fused-ring (bicyclic) bond motifs is 12. The van der Waals surface area contributed by atoms with Crippen LogP contribution >= 0.6 is 0 Å². The van der Waals surface area contributed by atoms with Gasteiger partial charge in [0, 0.05) is 43.9 Å². The van der Waals surface area contributed by atoms with E-state index >= 15 is 0 Å². The summed E-state index contributed by atoms with van der Waals surface area (Å²) in [5, 5.41) is 3.59. The van der Waals surface area contributed by atoms with E-state index in [1.807, 2.05) is 12.1 Å². The highest BCUT2D eigenvalue weighted by Gasteiger charge is 2.42. The first-order valence-electron chi connectivity index (χ1n) is 14.7. The van der Waals surface area contributed by atoms with Gasteiger partial charge in [0.15, 0.2) is 12.9 Å². The summed E-state index contributed by atoms with van der Waals surface area (Å²) >= 11 is 0. The summed E-state index contributed by atoms with van der Waals surface area (Å²) < 4.78 is 8.93. The molecule has 0 atom stereocenters. The molecule has 0 amide bonds. The molecule has 197 valence electrons. The van der Waals surface area contributed by atoms with Gasteiger partial charge >= 0.3 is 0 Å². The summed E-state index contributed by atoms with van der Waals surface area (Å²) in [7, 11) is 2.40. The Morgan fingerprint density at radius 1 is 0.738 bits per heavy atom. The minimum absolute atomic E-state index is 0.0715. The maximum Gasteiger partial charge on any atom is 0.197 e. The van der Waals surface area contributed by atoms with Crippen LogP contribution in [0.1, 0.15) is 30.5 Å². The number of H-pyrrole nitrogens is 1. The van der Waals surface area contributed by atoms with Crippen molar-refractivity contribution in [1.82, 2.24) is 9.55 Å². The van der Waals surface area contributed by atoms with Crippen molar-refractivity contribution in [2.45, 2.75) is 26.2 Å². The van der Waals surface area contributed by atoms with E-state index in [1.54, 1.807) is 0 Å². The molecule has 42 heavy (non-hydrogen) atoms. The van der Waals surface area contributed by atoms with E-state index in [4.69, 9.17) is 4.42 Å². The predicted molar refractivity (Wildman–Crippen MR) is 175 cm³/mol. The molecule has 3 aromatic heterocycles. The number of aromatic amines is 1. The van der Waals surface area contributed by atoms with Gasteiger partial charge in [-0.3, -0.25) is 0 Å². The molecule has 2 aliphatic rings. The molecule has 1 aliphatic carbocycles. The first-order valence-corrected chi connectivity index (χ1v) is 14.7. The van der Waals surface area contributed by atoms with E-state index in [9.17, 15) is 0 Å². The van der Waals surface area contributed by atoms with Crippen molar-refractivity contribution < 1.29 is 4.42 Å². The lowest BCUT2D eigenvalue weighted by Crippen LogP contribution is -2.37. The molecule has 3 nitrogen and oxygen atoms in total. The lowest BCUT2D eigenvalue weighted by molar-refractivity contribution is 0.666. The Morgan fingerprint density at radius 2 is 1.50 bits per heavy atom. The van der Waals surface area contributed by atoms with Crippen LogP contribution < -0.4 is 10.9 Å². The van der Waals surface area contributed by atoms with E-state index in [1.165, 1.54) is 66.6 Å². The van der Waals surface area contributed by atoms with E-state index in [2.05, 4.69) is 123 Å². The summed E-state index contributed by atoms with van der Waals surface area (Å²) in [6.07, 6.45) is 0. The molecule has 0 unspecified atom stereocenters. The fourth-order valence-corrected chi connectivity index (χ4v) is 8.06. The highest BCUT2D eigenvalue weighted by atomic mass is 16.3. The normalized spacial score (nSPS) is 14.5. The molecule has 8 aromatic rings. The second kappa shape index (κ2) is 7.46. The highest BCUT2D eigenvalue weighted by Crippen LogP contribution is 2.53. The van der Waals surface area contributed by atoms with Crippen LogP contribution in [0.4, 0.5) is 0 Å². The van der Waals surface area contributed by atoms with Crippen LogP contribution in [0.25, 0.3) is 71.9 Å².